The molecule has 0 fully saturated rings. The van der Waals surface area contributed by atoms with Crippen LogP contribution in [-0.2, 0) is 0 Å². The SMILES string of the molecule is CNC#CCC1=Cc2ccccc2Sc2ccc(Cl)cc21. The van der Waals surface area contributed by atoms with Gasteiger partial charge >= 0.3 is 0 Å². The van der Waals surface area contributed by atoms with Crippen molar-refractivity contribution < 1.29 is 0 Å². The van der Waals surface area contributed by atoms with E-state index in [0.717, 1.165) is 5.02 Å². The molecule has 2 aromatic rings. The van der Waals surface area contributed by atoms with Crippen LogP contribution in [0.25, 0.3) is 11.6 Å². The van der Waals surface area contributed by atoms with Crippen LogP contribution in [0.5, 0.6) is 0 Å². The number of benzene rings is 2. The summed E-state index contributed by atoms with van der Waals surface area (Å²) in [4.78, 5) is 2.49. The van der Waals surface area contributed by atoms with Crippen LogP contribution in [0.3, 0.4) is 0 Å². The summed E-state index contributed by atoms with van der Waals surface area (Å²) in [5.41, 5.74) is 3.61. The fourth-order valence-electron chi connectivity index (χ4n) is 2.29. The number of hydrogen-bond acceptors (Lipinski definition) is 2. The minimum atomic E-state index is 0.697. The van der Waals surface area contributed by atoms with Crippen molar-refractivity contribution in [1.29, 1.82) is 0 Å². The van der Waals surface area contributed by atoms with Crippen LogP contribution >= 0.6 is 23.4 Å². The number of nitrogens with one attached hydrogen (secondary N) is 1. The molecule has 1 N–H and O–H groups in total. The molecule has 0 radical (unpaired) electrons. The lowest BCUT2D eigenvalue weighted by Crippen LogP contribution is -1.92. The first-order chi connectivity index (χ1) is 10.3. The molecule has 1 aliphatic rings. The zero-order valence-corrected chi connectivity index (χ0v) is 13.2. The first kappa shape index (κ1) is 14.1. The highest BCUT2D eigenvalue weighted by molar-refractivity contribution is 7.99. The minimum Gasteiger partial charge on any atom is -0.349 e. The van der Waals surface area contributed by atoms with Crippen molar-refractivity contribution in [3.8, 4) is 12.0 Å². The molecular formula is C18H14ClNS. The van der Waals surface area contributed by atoms with E-state index in [-0.39, 0.29) is 0 Å². The van der Waals surface area contributed by atoms with Crippen molar-refractivity contribution in [3.63, 3.8) is 0 Å². The summed E-state index contributed by atoms with van der Waals surface area (Å²) in [7, 11) is 1.82. The van der Waals surface area contributed by atoms with Crippen LogP contribution < -0.4 is 5.32 Å². The van der Waals surface area contributed by atoms with Crippen LogP contribution in [0.1, 0.15) is 17.5 Å². The number of allylic oxidation sites excluding steroid dienone is 1. The molecule has 0 aromatic heterocycles. The van der Waals surface area contributed by atoms with Gasteiger partial charge in [0.25, 0.3) is 0 Å². The van der Waals surface area contributed by atoms with Gasteiger partial charge in [-0.05, 0) is 47.0 Å². The highest BCUT2D eigenvalue weighted by atomic mass is 35.5. The van der Waals surface area contributed by atoms with Crippen LogP contribution in [0, 0.1) is 12.0 Å². The lowest BCUT2D eigenvalue weighted by molar-refractivity contribution is 1.15. The van der Waals surface area contributed by atoms with Crippen molar-refractivity contribution in [2.75, 3.05) is 7.05 Å². The van der Waals surface area contributed by atoms with Gasteiger partial charge < -0.3 is 5.32 Å². The quantitative estimate of drug-likeness (QED) is 0.593. The van der Waals surface area contributed by atoms with E-state index in [2.05, 4.69) is 53.7 Å². The second-order valence-electron chi connectivity index (χ2n) is 4.68. The third kappa shape index (κ3) is 3.10. The first-order valence-electron chi connectivity index (χ1n) is 6.70. The third-order valence-corrected chi connectivity index (χ3v) is 4.65. The highest BCUT2D eigenvalue weighted by Gasteiger charge is 2.15. The Morgan fingerprint density at radius 3 is 2.86 bits per heavy atom. The first-order valence-corrected chi connectivity index (χ1v) is 7.89. The number of hydrogen-bond donors (Lipinski definition) is 1. The molecule has 1 aliphatic heterocycles. The van der Waals surface area contributed by atoms with E-state index in [1.54, 1.807) is 11.8 Å². The Hall–Kier alpha value is -1.82. The summed E-state index contributed by atoms with van der Waals surface area (Å²) in [5.74, 6) is 3.14. The summed E-state index contributed by atoms with van der Waals surface area (Å²) in [6.07, 6.45) is 2.91. The normalized spacial score (nSPS) is 12.2. The molecule has 0 spiro atoms. The molecule has 0 atom stereocenters. The molecule has 0 amide bonds. The van der Waals surface area contributed by atoms with Crippen molar-refractivity contribution in [1.82, 2.24) is 5.32 Å². The van der Waals surface area contributed by atoms with Crippen LogP contribution in [-0.4, -0.2) is 7.05 Å². The molecule has 2 aromatic carbocycles. The van der Waals surface area contributed by atoms with Crippen molar-refractivity contribution >= 4 is 35.0 Å². The Balaban J connectivity index is 2.14. The van der Waals surface area contributed by atoms with Crippen molar-refractivity contribution in [3.05, 3.63) is 58.6 Å². The molecular weight excluding hydrogens is 298 g/mol. The predicted molar refractivity (Wildman–Crippen MR) is 91.3 cm³/mol. The second kappa shape index (κ2) is 6.30. The molecule has 3 heteroatoms. The van der Waals surface area contributed by atoms with Crippen LogP contribution in [0.15, 0.2) is 52.3 Å². The lowest BCUT2D eigenvalue weighted by Gasteiger charge is -2.08. The maximum Gasteiger partial charge on any atom is 0.0412 e. The van der Waals surface area contributed by atoms with Gasteiger partial charge in [-0.3, -0.25) is 0 Å². The molecule has 0 bridgehead atoms. The van der Waals surface area contributed by atoms with Gasteiger partial charge in [-0.25, -0.2) is 0 Å². The summed E-state index contributed by atoms with van der Waals surface area (Å²) < 4.78 is 0. The largest absolute Gasteiger partial charge is 0.349 e. The van der Waals surface area contributed by atoms with Crippen molar-refractivity contribution in [2.45, 2.75) is 16.2 Å². The van der Waals surface area contributed by atoms with Crippen LogP contribution in [0.2, 0.25) is 5.02 Å². The molecule has 1 heterocycles. The summed E-state index contributed by atoms with van der Waals surface area (Å²) in [6.45, 7) is 0. The predicted octanol–water partition coefficient (Wildman–Crippen LogP) is 4.92. The van der Waals surface area contributed by atoms with E-state index in [9.17, 15) is 0 Å². The lowest BCUT2D eigenvalue weighted by atomic mass is 10.00. The van der Waals surface area contributed by atoms with Crippen molar-refractivity contribution in [2.24, 2.45) is 0 Å². The molecule has 104 valence electrons. The monoisotopic (exact) mass is 311 g/mol. The van der Waals surface area contributed by atoms with E-state index in [4.69, 9.17) is 11.6 Å². The Morgan fingerprint density at radius 2 is 2.00 bits per heavy atom. The van der Waals surface area contributed by atoms with Gasteiger partial charge in [0.2, 0.25) is 0 Å². The van der Waals surface area contributed by atoms with E-state index in [1.165, 1.54) is 26.5 Å². The summed E-state index contributed by atoms with van der Waals surface area (Å²) >= 11 is 7.96. The molecule has 1 nitrogen and oxygen atoms in total. The van der Waals surface area contributed by atoms with Gasteiger partial charge in [0.15, 0.2) is 0 Å². The number of fused-ring (bicyclic) bond motifs is 2. The maximum atomic E-state index is 6.18. The highest BCUT2D eigenvalue weighted by Crippen LogP contribution is 2.42. The Labute approximate surface area is 134 Å². The number of rotatable bonds is 1. The molecule has 0 saturated carbocycles. The molecule has 0 aliphatic carbocycles. The smallest absolute Gasteiger partial charge is 0.0412 e. The van der Waals surface area contributed by atoms with Gasteiger partial charge in [0, 0.05) is 34.3 Å². The van der Waals surface area contributed by atoms with E-state index in [0.29, 0.717) is 6.42 Å². The zero-order chi connectivity index (χ0) is 14.7. The van der Waals surface area contributed by atoms with E-state index >= 15 is 0 Å². The standard InChI is InChI=1S/C18H14ClNS/c1-20-10-4-6-13-11-14-5-2-3-7-17(14)21-18-9-8-15(19)12-16(13)18/h2-3,5,7-9,11-12,20H,6H2,1H3. The average molecular weight is 312 g/mol. The third-order valence-electron chi connectivity index (χ3n) is 3.25. The second-order valence-corrected chi connectivity index (χ2v) is 6.20. The average Bonchev–Trinajstić information content (AvgIpc) is 2.64. The zero-order valence-electron chi connectivity index (χ0n) is 11.6. The fourth-order valence-corrected chi connectivity index (χ4v) is 3.53. The topological polar surface area (TPSA) is 12.0 Å². The molecule has 0 unspecified atom stereocenters. The van der Waals surface area contributed by atoms with E-state index in [1.807, 2.05) is 19.2 Å². The molecule has 3 rings (SSSR count). The maximum absolute atomic E-state index is 6.18. The summed E-state index contributed by atoms with van der Waals surface area (Å²) in [5, 5.41) is 3.62. The van der Waals surface area contributed by atoms with Gasteiger partial charge in [0.1, 0.15) is 0 Å². The molecule has 0 saturated heterocycles. The van der Waals surface area contributed by atoms with E-state index < -0.39 is 0 Å². The van der Waals surface area contributed by atoms with Gasteiger partial charge in [-0.1, -0.05) is 47.5 Å². The Kier molecular flexibility index (Phi) is 4.24. The van der Waals surface area contributed by atoms with Gasteiger partial charge in [0.05, 0.1) is 0 Å². The van der Waals surface area contributed by atoms with Gasteiger partial charge in [-0.2, -0.15) is 0 Å². The van der Waals surface area contributed by atoms with Gasteiger partial charge in [-0.15, -0.1) is 0 Å². The van der Waals surface area contributed by atoms with Crippen LogP contribution in [0.4, 0.5) is 0 Å². The number of halogens is 1. The Bertz CT molecular complexity index is 768. The molecule has 21 heavy (non-hydrogen) atoms. The fraction of sp³-hybridized carbons (Fsp3) is 0.111. The minimum absolute atomic E-state index is 0.697. The Morgan fingerprint density at radius 1 is 1.14 bits per heavy atom. The summed E-state index contributed by atoms with van der Waals surface area (Å²) in [6, 6.07) is 17.4.